The average Bonchev–Trinajstić information content (AvgIpc) is 2.64. The van der Waals surface area contributed by atoms with Crippen LogP contribution in [-0.4, -0.2) is 26.6 Å². The van der Waals surface area contributed by atoms with Gasteiger partial charge in [-0.3, -0.25) is 4.72 Å². The van der Waals surface area contributed by atoms with Crippen LogP contribution in [-0.2, 0) is 10.0 Å². The predicted molar refractivity (Wildman–Crippen MR) is 103 cm³/mol. The number of pyridine rings is 1. The Morgan fingerprint density at radius 1 is 1.12 bits per heavy atom. The minimum Gasteiger partial charge on any atom is -0.496 e. The van der Waals surface area contributed by atoms with Crippen molar-refractivity contribution >= 4 is 21.5 Å². The van der Waals surface area contributed by atoms with Gasteiger partial charge in [0.2, 0.25) is 0 Å². The number of methoxy groups -OCH3 is 1. The Kier molecular flexibility index (Phi) is 5.66. The Morgan fingerprint density at radius 3 is 2.50 bits per heavy atom. The first kappa shape index (κ1) is 18.5. The Bertz CT molecular complexity index is 845. The van der Waals surface area contributed by atoms with Crippen LogP contribution in [0.4, 0.5) is 11.5 Å². The van der Waals surface area contributed by atoms with Crippen LogP contribution in [0.2, 0.25) is 0 Å². The highest BCUT2D eigenvalue weighted by molar-refractivity contribution is 7.92. The van der Waals surface area contributed by atoms with Crippen molar-refractivity contribution < 1.29 is 13.2 Å². The number of hydrogen-bond acceptors (Lipinski definition) is 5. The maximum atomic E-state index is 12.5. The third-order valence-electron chi connectivity index (χ3n) is 4.65. The van der Waals surface area contributed by atoms with Crippen molar-refractivity contribution in [3.8, 4) is 5.75 Å². The quantitative estimate of drug-likeness (QED) is 0.799. The highest BCUT2D eigenvalue weighted by Gasteiger charge is 2.17. The molecule has 1 aliphatic rings. The fourth-order valence-electron chi connectivity index (χ4n) is 3.24. The van der Waals surface area contributed by atoms with Gasteiger partial charge in [-0.25, -0.2) is 13.4 Å². The SMILES string of the molecule is COc1ccc(S(=O)(=O)Nc2ccc(NC3CCCCC3)cn2)cc1C. The van der Waals surface area contributed by atoms with Gasteiger partial charge in [-0.05, 0) is 55.7 Å². The second kappa shape index (κ2) is 7.95. The van der Waals surface area contributed by atoms with E-state index in [2.05, 4.69) is 15.0 Å². The van der Waals surface area contributed by atoms with E-state index in [1.165, 1.54) is 38.2 Å². The molecular formula is C19H25N3O3S. The second-order valence-corrected chi connectivity index (χ2v) is 8.33. The molecule has 0 unspecified atom stereocenters. The van der Waals surface area contributed by atoms with Crippen LogP contribution >= 0.6 is 0 Å². The molecule has 1 heterocycles. The Morgan fingerprint density at radius 2 is 1.88 bits per heavy atom. The molecule has 1 saturated carbocycles. The third-order valence-corrected chi connectivity index (χ3v) is 6.01. The summed E-state index contributed by atoms with van der Waals surface area (Å²) in [6.45, 7) is 1.81. The molecule has 6 nitrogen and oxygen atoms in total. The molecule has 0 spiro atoms. The van der Waals surface area contributed by atoms with Crippen molar-refractivity contribution in [2.24, 2.45) is 0 Å². The van der Waals surface area contributed by atoms with E-state index in [-0.39, 0.29) is 4.90 Å². The van der Waals surface area contributed by atoms with Gasteiger partial charge in [0.25, 0.3) is 10.0 Å². The van der Waals surface area contributed by atoms with Crippen molar-refractivity contribution in [2.45, 2.75) is 50.0 Å². The Balaban J connectivity index is 1.68. The summed E-state index contributed by atoms with van der Waals surface area (Å²) in [5.41, 5.74) is 1.68. The Hall–Kier alpha value is -2.28. The number of anilines is 2. The maximum Gasteiger partial charge on any atom is 0.263 e. The minimum absolute atomic E-state index is 0.182. The number of hydrogen-bond donors (Lipinski definition) is 2. The summed E-state index contributed by atoms with van der Waals surface area (Å²) in [5.74, 6) is 0.952. The van der Waals surface area contributed by atoms with Crippen LogP contribution in [0.5, 0.6) is 5.75 Å². The highest BCUT2D eigenvalue weighted by Crippen LogP contribution is 2.24. The zero-order valence-electron chi connectivity index (χ0n) is 15.2. The predicted octanol–water partition coefficient (Wildman–Crippen LogP) is 3.94. The average molecular weight is 375 g/mol. The summed E-state index contributed by atoms with van der Waals surface area (Å²) < 4.78 is 32.8. The Labute approximate surface area is 155 Å². The van der Waals surface area contributed by atoms with Crippen molar-refractivity contribution in [1.82, 2.24) is 4.98 Å². The van der Waals surface area contributed by atoms with E-state index in [0.717, 1.165) is 11.3 Å². The number of nitrogens with one attached hydrogen (secondary N) is 2. The van der Waals surface area contributed by atoms with E-state index < -0.39 is 10.0 Å². The lowest BCUT2D eigenvalue weighted by Crippen LogP contribution is -2.22. The molecule has 1 aromatic carbocycles. The number of sulfonamides is 1. The normalized spacial score (nSPS) is 15.5. The molecule has 0 saturated heterocycles. The van der Waals surface area contributed by atoms with Gasteiger partial charge >= 0.3 is 0 Å². The van der Waals surface area contributed by atoms with Gasteiger partial charge in [-0.1, -0.05) is 19.3 Å². The number of benzene rings is 1. The number of ether oxygens (including phenoxy) is 1. The van der Waals surface area contributed by atoms with Gasteiger partial charge in [0.1, 0.15) is 11.6 Å². The molecule has 140 valence electrons. The molecule has 0 bridgehead atoms. The summed E-state index contributed by atoms with van der Waals surface area (Å²) in [6, 6.07) is 8.77. The zero-order valence-corrected chi connectivity index (χ0v) is 16.0. The van der Waals surface area contributed by atoms with Gasteiger partial charge < -0.3 is 10.1 Å². The van der Waals surface area contributed by atoms with Crippen molar-refractivity contribution in [1.29, 1.82) is 0 Å². The molecule has 2 aromatic rings. The van der Waals surface area contributed by atoms with Crippen LogP contribution in [0.3, 0.4) is 0 Å². The molecule has 1 fully saturated rings. The lowest BCUT2D eigenvalue weighted by Gasteiger charge is -2.23. The molecule has 26 heavy (non-hydrogen) atoms. The molecule has 2 N–H and O–H groups in total. The number of rotatable bonds is 6. The minimum atomic E-state index is -3.69. The van der Waals surface area contributed by atoms with Crippen molar-refractivity contribution in [3.63, 3.8) is 0 Å². The molecule has 0 amide bonds. The summed E-state index contributed by atoms with van der Waals surface area (Å²) in [7, 11) is -2.13. The van der Waals surface area contributed by atoms with E-state index in [9.17, 15) is 8.42 Å². The molecule has 0 atom stereocenters. The summed E-state index contributed by atoms with van der Waals surface area (Å²) in [4.78, 5) is 4.42. The summed E-state index contributed by atoms with van der Waals surface area (Å²) in [6.07, 6.45) is 7.83. The van der Waals surface area contributed by atoms with E-state index in [1.807, 2.05) is 13.0 Å². The van der Waals surface area contributed by atoms with Gasteiger partial charge in [0.05, 0.1) is 23.9 Å². The number of aromatic nitrogens is 1. The molecule has 0 radical (unpaired) electrons. The molecule has 1 aliphatic carbocycles. The van der Waals surface area contributed by atoms with E-state index >= 15 is 0 Å². The molecule has 1 aromatic heterocycles. The van der Waals surface area contributed by atoms with E-state index in [0.29, 0.717) is 17.6 Å². The van der Waals surface area contributed by atoms with Crippen LogP contribution in [0.1, 0.15) is 37.7 Å². The monoisotopic (exact) mass is 375 g/mol. The molecule has 3 rings (SSSR count). The summed E-state index contributed by atoms with van der Waals surface area (Å²) in [5, 5.41) is 3.47. The van der Waals surface area contributed by atoms with Gasteiger partial charge in [0.15, 0.2) is 0 Å². The fourth-order valence-corrected chi connectivity index (χ4v) is 4.33. The second-order valence-electron chi connectivity index (χ2n) is 6.65. The van der Waals surface area contributed by atoms with Gasteiger partial charge in [-0.15, -0.1) is 0 Å². The fraction of sp³-hybridized carbons (Fsp3) is 0.421. The van der Waals surface area contributed by atoms with Crippen LogP contribution in [0, 0.1) is 6.92 Å². The highest BCUT2D eigenvalue weighted by atomic mass is 32.2. The lowest BCUT2D eigenvalue weighted by molar-refractivity contribution is 0.411. The van der Waals surface area contributed by atoms with Gasteiger partial charge in [0, 0.05) is 6.04 Å². The lowest BCUT2D eigenvalue weighted by atomic mass is 9.95. The topological polar surface area (TPSA) is 80.3 Å². The zero-order chi connectivity index (χ0) is 18.6. The molecule has 7 heteroatoms. The smallest absolute Gasteiger partial charge is 0.263 e. The van der Waals surface area contributed by atoms with Crippen molar-refractivity contribution in [3.05, 3.63) is 42.1 Å². The standard InChI is InChI=1S/C19H25N3O3S/c1-14-12-17(9-10-18(14)25-2)26(23,24)22-19-11-8-16(13-20-19)21-15-6-4-3-5-7-15/h8-13,15,21H,3-7H2,1-2H3,(H,20,22). The van der Waals surface area contributed by atoms with Gasteiger partial charge in [-0.2, -0.15) is 0 Å². The summed E-state index contributed by atoms with van der Waals surface area (Å²) >= 11 is 0. The number of aryl methyl sites for hydroxylation is 1. The van der Waals surface area contributed by atoms with Crippen LogP contribution in [0.25, 0.3) is 0 Å². The van der Waals surface area contributed by atoms with E-state index in [4.69, 9.17) is 4.74 Å². The third kappa shape index (κ3) is 4.46. The van der Waals surface area contributed by atoms with Crippen molar-refractivity contribution in [2.75, 3.05) is 17.1 Å². The van der Waals surface area contributed by atoms with E-state index in [1.54, 1.807) is 31.5 Å². The van der Waals surface area contributed by atoms with Crippen LogP contribution in [0.15, 0.2) is 41.4 Å². The first-order valence-corrected chi connectivity index (χ1v) is 10.4. The van der Waals surface area contributed by atoms with Crippen LogP contribution < -0.4 is 14.8 Å². The number of nitrogens with zero attached hydrogens (tertiary/aromatic N) is 1. The maximum absolute atomic E-state index is 12.5. The molecular weight excluding hydrogens is 350 g/mol. The first-order chi connectivity index (χ1) is 12.5. The molecule has 0 aliphatic heterocycles. The largest absolute Gasteiger partial charge is 0.496 e. The first-order valence-electron chi connectivity index (χ1n) is 8.88.